The predicted octanol–water partition coefficient (Wildman–Crippen LogP) is 3.06. The lowest BCUT2D eigenvalue weighted by Crippen LogP contribution is -2.67. The molecule has 0 aromatic rings. The third kappa shape index (κ3) is 0.988. The molecule has 3 fully saturated rings. The molecule has 0 radical (unpaired) electrons. The molecule has 3 saturated carbocycles. The van der Waals surface area contributed by atoms with E-state index in [2.05, 4.69) is 26.2 Å². The highest BCUT2D eigenvalue weighted by Gasteiger charge is 2.68. The van der Waals surface area contributed by atoms with Gasteiger partial charge in [0.05, 0.1) is 0 Å². The number of hydrogen-bond acceptors (Lipinski definition) is 1. The van der Waals surface area contributed by atoms with Gasteiger partial charge < -0.3 is 5.32 Å². The monoisotopic (exact) mass is 207 g/mol. The van der Waals surface area contributed by atoms with E-state index in [1.807, 2.05) is 0 Å². The molecule has 0 spiro atoms. The van der Waals surface area contributed by atoms with Crippen LogP contribution in [0.2, 0.25) is 0 Å². The van der Waals surface area contributed by atoms with Crippen molar-refractivity contribution in [3.05, 3.63) is 0 Å². The first kappa shape index (κ1) is 10.1. The quantitative estimate of drug-likeness (QED) is 0.750. The molecule has 0 amide bonds. The highest BCUT2D eigenvalue weighted by molar-refractivity contribution is 5.19. The van der Waals surface area contributed by atoms with Crippen molar-refractivity contribution >= 4 is 0 Å². The molecule has 5 unspecified atom stereocenters. The van der Waals surface area contributed by atoms with Crippen molar-refractivity contribution in [1.29, 1.82) is 0 Å². The van der Waals surface area contributed by atoms with E-state index in [4.69, 9.17) is 0 Å². The van der Waals surface area contributed by atoms with Crippen LogP contribution in [0.3, 0.4) is 0 Å². The van der Waals surface area contributed by atoms with Crippen LogP contribution in [0.4, 0.5) is 0 Å². The second-order valence-corrected chi connectivity index (χ2v) is 6.14. The smallest absolute Gasteiger partial charge is 0.0157 e. The summed E-state index contributed by atoms with van der Waals surface area (Å²) in [4.78, 5) is 0. The molecule has 2 bridgehead atoms. The van der Waals surface area contributed by atoms with Gasteiger partial charge in [-0.05, 0) is 68.2 Å². The van der Waals surface area contributed by atoms with Gasteiger partial charge in [-0.3, -0.25) is 0 Å². The Labute approximate surface area is 94.0 Å². The highest BCUT2D eigenvalue weighted by atomic mass is 15.0. The molecule has 1 N–H and O–H groups in total. The van der Waals surface area contributed by atoms with Crippen LogP contribution >= 0.6 is 0 Å². The van der Waals surface area contributed by atoms with Gasteiger partial charge in [-0.1, -0.05) is 13.8 Å². The molecular weight excluding hydrogens is 182 g/mol. The molecule has 0 aromatic heterocycles. The van der Waals surface area contributed by atoms with Gasteiger partial charge in [0, 0.05) is 6.04 Å². The van der Waals surface area contributed by atoms with Crippen LogP contribution in [0.1, 0.15) is 46.0 Å². The maximum atomic E-state index is 3.65. The summed E-state index contributed by atoms with van der Waals surface area (Å²) in [6.45, 7) is 4.83. The van der Waals surface area contributed by atoms with Crippen molar-refractivity contribution < 1.29 is 0 Å². The van der Waals surface area contributed by atoms with Gasteiger partial charge in [-0.2, -0.15) is 0 Å². The van der Waals surface area contributed by atoms with E-state index < -0.39 is 0 Å². The first-order valence-corrected chi connectivity index (χ1v) is 6.95. The van der Waals surface area contributed by atoms with Crippen LogP contribution < -0.4 is 5.32 Å². The Morgan fingerprint density at radius 2 is 1.80 bits per heavy atom. The Balaban J connectivity index is 1.91. The topological polar surface area (TPSA) is 12.0 Å². The van der Waals surface area contributed by atoms with Gasteiger partial charge >= 0.3 is 0 Å². The van der Waals surface area contributed by atoms with Crippen molar-refractivity contribution in [2.45, 2.75) is 52.0 Å². The number of hydrogen-bond donors (Lipinski definition) is 1. The van der Waals surface area contributed by atoms with E-state index in [1.54, 1.807) is 12.8 Å². The summed E-state index contributed by atoms with van der Waals surface area (Å²) >= 11 is 0. The van der Waals surface area contributed by atoms with Gasteiger partial charge in [0.15, 0.2) is 0 Å². The van der Waals surface area contributed by atoms with Crippen LogP contribution in [0, 0.1) is 29.1 Å². The first-order valence-electron chi connectivity index (χ1n) is 6.95. The lowest BCUT2D eigenvalue weighted by molar-refractivity contribution is -0.122. The Hall–Kier alpha value is -0.0400. The fourth-order valence-corrected chi connectivity index (χ4v) is 5.78. The summed E-state index contributed by atoms with van der Waals surface area (Å²) in [7, 11) is 2.19. The summed E-state index contributed by atoms with van der Waals surface area (Å²) in [5, 5.41) is 3.65. The minimum Gasteiger partial charge on any atom is -0.316 e. The second-order valence-electron chi connectivity index (χ2n) is 6.14. The van der Waals surface area contributed by atoms with E-state index in [1.165, 1.54) is 19.3 Å². The van der Waals surface area contributed by atoms with E-state index in [0.717, 1.165) is 29.7 Å². The fourth-order valence-electron chi connectivity index (χ4n) is 5.78. The van der Waals surface area contributed by atoms with Crippen molar-refractivity contribution in [2.24, 2.45) is 29.1 Å². The Kier molecular flexibility index (Phi) is 2.18. The van der Waals surface area contributed by atoms with Crippen LogP contribution in [-0.4, -0.2) is 13.1 Å². The van der Waals surface area contributed by atoms with Crippen LogP contribution in [0.5, 0.6) is 0 Å². The third-order valence-corrected chi connectivity index (χ3v) is 6.28. The molecule has 3 rings (SSSR count). The molecule has 0 heterocycles. The normalized spacial score (nSPS) is 50.2. The summed E-state index contributed by atoms with van der Waals surface area (Å²) in [6, 6.07) is 0.841. The molecule has 0 aromatic carbocycles. The Morgan fingerprint density at radius 1 is 1.13 bits per heavy atom. The molecular formula is C14H25N. The average Bonchev–Trinajstić information content (AvgIpc) is 2.78. The molecule has 3 aliphatic carbocycles. The molecule has 3 aliphatic rings. The van der Waals surface area contributed by atoms with Crippen molar-refractivity contribution in [3.8, 4) is 0 Å². The zero-order valence-corrected chi connectivity index (χ0v) is 10.4. The zero-order chi connectivity index (χ0) is 10.6. The Bertz CT molecular complexity index is 256. The largest absolute Gasteiger partial charge is 0.316 e. The van der Waals surface area contributed by atoms with Crippen LogP contribution in [0.25, 0.3) is 0 Å². The van der Waals surface area contributed by atoms with Crippen molar-refractivity contribution in [1.82, 2.24) is 5.32 Å². The average molecular weight is 207 g/mol. The summed E-state index contributed by atoms with van der Waals surface area (Å²) in [5.41, 5.74) is 0.666. The molecule has 0 saturated heterocycles. The van der Waals surface area contributed by atoms with Gasteiger partial charge in [-0.25, -0.2) is 0 Å². The van der Waals surface area contributed by atoms with Gasteiger partial charge in [0.1, 0.15) is 0 Å². The minimum atomic E-state index is 0.666. The van der Waals surface area contributed by atoms with Crippen molar-refractivity contribution in [3.63, 3.8) is 0 Å². The van der Waals surface area contributed by atoms with E-state index in [0.29, 0.717) is 5.41 Å². The lowest BCUT2D eigenvalue weighted by atomic mass is 9.44. The second kappa shape index (κ2) is 3.23. The number of nitrogens with one attached hydrogen (secondary N) is 1. The predicted molar refractivity (Wildman–Crippen MR) is 63.7 cm³/mol. The van der Waals surface area contributed by atoms with Gasteiger partial charge in [0.2, 0.25) is 0 Å². The minimum absolute atomic E-state index is 0.666. The summed E-state index contributed by atoms with van der Waals surface area (Å²) in [5.74, 6) is 4.32. The lowest BCUT2D eigenvalue weighted by Gasteiger charge is -2.63. The summed E-state index contributed by atoms with van der Waals surface area (Å²) < 4.78 is 0. The highest BCUT2D eigenvalue weighted by Crippen LogP contribution is 2.70. The van der Waals surface area contributed by atoms with Crippen LogP contribution in [-0.2, 0) is 0 Å². The molecule has 1 nitrogen and oxygen atoms in total. The zero-order valence-electron chi connectivity index (χ0n) is 10.4. The SMILES string of the molecule is CCC1(CC)C(NC)C2C3CCC(C3)C21. The third-order valence-electron chi connectivity index (χ3n) is 6.28. The standard InChI is InChI=1S/C14H25N/c1-4-14(5-2)12-10-7-6-9(8-10)11(12)13(14)15-3/h9-13,15H,4-8H2,1-3H3. The Morgan fingerprint density at radius 3 is 2.40 bits per heavy atom. The van der Waals surface area contributed by atoms with Crippen molar-refractivity contribution in [2.75, 3.05) is 7.05 Å². The number of fused-ring (bicyclic) bond motifs is 5. The molecule has 1 heteroatoms. The molecule has 86 valence electrons. The number of rotatable bonds is 3. The molecule has 15 heavy (non-hydrogen) atoms. The van der Waals surface area contributed by atoms with E-state index in [-0.39, 0.29) is 0 Å². The van der Waals surface area contributed by atoms with Crippen LogP contribution in [0.15, 0.2) is 0 Å². The van der Waals surface area contributed by atoms with Gasteiger partial charge in [0.25, 0.3) is 0 Å². The first-order chi connectivity index (χ1) is 7.28. The van der Waals surface area contributed by atoms with E-state index in [9.17, 15) is 0 Å². The van der Waals surface area contributed by atoms with E-state index >= 15 is 0 Å². The molecule has 5 atom stereocenters. The van der Waals surface area contributed by atoms with Gasteiger partial charge in [-0.15, -0.1) is 0 Å². The maximum absolute atomic E-state index is 3.65. The summed E-state index contributed by atoms with van der Waals surface area (Å²) in [6.07, 6.45) is 7.42. The molecule has 0 aliphatic heterocycles. The fraction of sp³-hybridized carbons (Fsp3) is 1.00. The maximum Gasteiger partial charge on any atom is 0.0157 e.